The molecule has 18 heavy (non-hydrogen) atoms. The van der Waals surface area contributed by atoms with E-state index in [4.69, 9.17) is 9.68 Å². The Morgan fingerprint density at radius 2 is 2.28 bits per heavy atom. The van der Waals surface area contributed by atoms with Crippen LogP contribution in [0.1, 0.15) is 17.4 Å². The third-order valence-corrected chi connectivity index (χ3v) is 2.46. The lowest BCUT2D eigenvalue weighted by Crippen LogP contribution is -2.11. The predicted octanol–water partition coefficient (Wildman–Crippen LogP) is 2.44. The number of anilines is 1. The van der Waals surface area contributed by atoms with E-state index in [1.807, 2.05) is 0 Å². The Kier molecular flexibility index (Phi) is 3.60. The average molecular weight is 246 g/mol. The van der Waals surface area contributed by atoms with Crippen molar-refractivity contribution in [3.8, 4) is 6.07 Å². The number of nitriles is 1. The summed E-state index contributed by atoms with van der Waals surface area (Å²) >= 11 is 0. The summed E-state index contributed by atoms with van der Waals surface area (Å²) in [4.78, 5) is 0. The molecule has 0 spiro atoms. The van der Waals surface area contributed by atoms with Crippen LogP contribution in [0, 0.1) is 17.1 Å². The molecular weight excluding hydrogens is 235 g/mol. The first-order valence-corrected chi connectivity index (χ1v) is 5.35. The lowest BCUT2D eigenvalue weighted by Gasteiger charge is -2.10. The topological polar surface area (TPSA) is 69.2 Å². The van der Waals surface area contributed by atoms with Gasteiger partial charge in [0.05, 0.1) is 11.8 Å². The van der Waals surface area contributed by atoms with Gasteiger partial charge in [0.1, 0.15) is 23.8 Å². The van der Waals surface area contributed by atoms with Gasteiger partial charge in [-0.15, -0.1) is 0 Å². The van der Waals surface area contributed by atoms with Crippen molar-refractivity contribution in [3.05, 3.63) is 53.7 Å². The number of rotatable bonds is 4. The van der Waals surface area contributed by atoms with Gasteiger partial charge in [-0.1, -0.05) is 0 Å². The van der Waals surface area contributed by atoms with Gasteiger partial charge >= 0.3 is 0 Å². The number of aliphatic hydroxyl groups is 1. The summed E-state index contributed by atoms with van der Waals surface area (Å²) in [6, 6.07) is 9.21. The largest absolute Gasteiger partial charge is 0.467 e. The van der Waals surface area contributed by atoms with Crippen LogP contribution in [-0.4, -0.2) is 11.7 Å². The van der Waals surface area contributed by atoms with E-state index in [9.17, 15) is 9.50 Å². The summed E-state index contributed by atoms with van der Waals surface area (Å²) in [5.74, 6) is -0.111. The van der Waals surface area contributed by atoms with Gasteiger partial charge < -0.3 is 14.8 Å². The highest BCUT2D eigenvalue weighted by molar-refractivity contribution is 5.49. The molecule has 2 rings (SSSR count). The van der Waals surface area contributed by atoms with Gasteiger partial charge in [0.15, 0.2) is 0 Å². The number of halogens is 1. The lowest BCUT2D eigenvalue weighted by molar-refractivity contribution is 0.162. The summed E-state index contributed by atoms with van der Waals surface area (Å²) in [5.41, 5.74) is 0.533. The molecule has 92 valence electrons. The molecule has 0 saturated carbocycles. The van der Waals surface area contributed by atoms with Crippen LogP contribution in [0.2, 0.25) is 0 Å². The highest BCUT2D eigenvalue weighted by atomic mass is 19.1. The van der Waals surface area contributed by atoms with Gasteiger partial charge in [0, 0.05) is 12.2 Å². The molecule has 2 aromatic rings. The van der Waals surface area contributed by atoms with E-state index in [1.54, 1.807) is 18.2 Å². The zero-order chi connectivity index (χ0) is 13.0. The maximum Gasteiger partial charge on any atom is 0.141 e. The fourth-order valence-corrected chi connectivity index (χ4v) is 1.52. The van der Waals surface area contributed by atoms with E-state index in [0.717, 1.165) is 0 Å². The van der Waals surface area contributed by atoms with E-state index < -0.39 is 11.9 Å². The van der Waals surface area contributed by atoms with Crippen molar-refractivity contribution < 1.29 is 13.9 Å². The van der Waals surface area contributed by atoms with Crippen molar-refractivity contribution in [1.29, 1.82) is 5.26 Å². The maximum absolute atomic E-state index is 13.1. The van der Waals surface area contributed by atoms with E-state index >= 15 is 0 Å². The number of hydrogen-bond donors (Lipinski definition) is 2. The number of benzene rings is 1. The molecule has 0 saturated heterocycles. The molecule has 1 aromatic carbocycles. The Morgan fingerprint density at radius 1 is 1.44 bits per heavy atom. The highest BCUT2D eigenvalue weighted by Gasteiger charge is 2.10. The standard InChI is InChI=1S/C13H11FN2O2/c14-11-4-3-10(6-9(11)7-15)16-8-12(17)13-2-1-5-18-13/h1-6,12,16-17H,8H2. The van der Waals surface area contributed by atoms with Crippen LogP contribution in [0.5, 0.6) is 0 Å². The molecule has 0 amide bonds. The summed E-state index contributed by atoms with van der Waals surface area (Å²) in [6.45, 7) is 0.212. The van der Waals surface area contributed by atoms with E-state index in [1.165, 1.54) is 24.5 Å². The zero-order valence-electron chi connectivity index (χ0n) is 9.43. The highest BCUT2D eigenvalue weighted by Crippen LogP contribution is 2.17. The Balaban J connectivity index is 2.01. The van der Waals surface area contributed by atoms with Crippen molar-refractivity contribution in [2.45, 2.75) is 6.10 Å². The molecule has 1 aromatic heterocycles. The van der Waals surface area contributed by atoms with Gasteiger partial charge in [0.2, 0.25) is 0 Å². The molecule has 0 aliphatic heterocycles. The van der Waals surface area contributed by atoms with Crippen molar-refractivity contribution >= 4 is 5.69 Å². The fraction of sp³-hybridized carbons (Fsp3) is 0.154. The molecule has 0 bridgehead atoms. The van der Waals surface area contributed by atoms with Gasteiger partial charge in [-0.25, -0.2) is 4.39 Å². The quantitative estimate of drug-likeness (QED) is 0.869. The van der Waals surface area contributed by atoms with Crippen molar-refractivity contribution in [3.63, 3.8) is 0 Å². The van der Waals surface area contributed by atoms with Gasteiger partial charge in [-0.2, -0.15) is 5.26 Å². The minimum atomic E-state index is -0.796. The molecule has 0 aliphatic carbocycles. The maximum atomic E-state index is 13.1. The number of nitrogens with one attached hydrogen (secondary N) is 1. The van der Waals surface area contributed by atoms with Crippen molar-refractivity contribution in [2.75, 3.05) is 11.9 Å². The molecule has 5 heteroatoms. The first kappa shape index (κ1) is 12.1. The van der Waals surface area contributed by atoms with E-state index in [2.05, 4.69) is 5.32 Å². The summed E-state index contributed by atoms with van der Waals surface area (Å²) in [5, 5.41) is 21.4. The van der Waals surface area contributed by atoms with Crippen LogP contribution in [0.4, 0.5) is 10.1 Å². The lowest BCUT2D eigenvalue weighted by atomic mass is 10.2. The second kappa shape index (κ2) is 5.34. The molecule has 1 atom stereocenters. The second-order valence-corrected chi connectivity index (χ2v) is 3.72. The molecular formula is C13H11FN2O2. The van der Waals surface area contributed by atoms with Crippen LogP contribution in [0.3, 0.4) is 0 Å². The van der Waals surface area contributed by atoms with Gasteiger partial charge in [0.25, 0.3) is 0 Å². The summed E-state index contributed by atoms with van der Waals surface area (Å²) < 4.78 is 18.1. The Morgan fingerprint density at radius 3 is 2.94 bits per heavy atom. The number of nitrogens with zero attached hydrogens (tertiary/aromatic N) is 1. The third kappa shape index (κ3) is 2.67. The number of hydrogen-bond acceptors (Lipinski definition) is 4. The number of furan rings is 1. The third-order valence-electron chi connectivity index (χ3n) is 2.46. The zero-order valence-corrected chi connectivity index (χ0v) is 9.43. The molecule has 2 N–H and O–H groups in total. The smallest absolute Gasteiger partial charge is 0.141 e. The molecule has 0 aliphatic rings. The van der Waals surface area contributed by atoms with Crippen LogP contribution < -0.4 is 5.32 Å². The predicted molar refractivity (Wildman–Crippen MR) is 63.3 cm³/mol. The Bertz CT molecular complexity index is 561. The van der Waals surface area contributed by atoms with E-state index in [-0.39, 0.29) is 12.1 Å². The Hall–Kier alpha value is -2.32. The molecule has 1 unspecified atom stereocenters. The van der Waals surface area contributed by atoms with Gasteiger partial charge in [-0.3, -0.25) is 0 Å². The van der Waals surface area contributed by atoms with Crippen LogP contribution in [0.25, 0.3) is 0 Å². The van der Waals surface area contributed by atoms with Crippen LogP contribution in [0.15, 0.2) is 41.0 Å². The minimum Gasteiger partial charge on any atom is -0.467 e. The first-order valence-electron chi connectivity index (χ1n) is 5.35. The number of aliphatic hydroxyl groups excluding tert-OH is 1. The molecule has 4 nitrogen and oxygen atoms in total. The van der Waals surface area contributed by atoms with Crippen LogP contribution >= 0.6 is 0 Å². The van der Waals surface area contributed by atoms with Crippen molar-refractivity contribution in [2.24, 2.45) is 0 Å². The molecule has 1 heterocycles. The summed E-state index contributed by atoms with van der Waals surface area (Å²) in [7, 11) is 0. The average Bonchev–Trinajstić information content (AvgIpc) is 2.91. The normalized spacial score (nSPS) is 11.8. The monoisotopic (exact) mass is 246 g/mol. The minimum absolute atomic E-state index is 0.0347. The first-order chi connectivity index (χ1) is 8.70. The summed E-state index contributed by atoms with van der Waals surface area (Å²) in [6.07, 6.45) is 0.681. The van der Waals surface area contributed by atoms with Crippen molar-refractivity contribution in [1.82, 2.24) is 0 Å². The molecule has 0 radical (unpaired) electrons. The SMILES string of the molecule is N#Cc1cc(NCC(O)c2ccco2)ccc1F. The second-order valence-electron chi connectivity index (χ2n) is 3.72. The van der Waals surface area contributed by atoms with E-state index in [0.29, 0.717) is 11.4 Å². The van der Waals surface area contributed by atoms with Crippen LogP contribution in [-0.2, 0) is 0 Å². The Labute approximate surface area is 103 Å². The fourth-order valence-electron chi connectivity index (χ4n) is 1.52. The molecule has 0 fully saturated rings. The van der Waals surface area contributed by atoms with Gasteiger partial charge in [-0.05, 0) is 30.3 Å².